The summed E-state index contributed by atoms with van der Waals surface area (Å²) in [7, 11) is 0. The Hall–Kier alpha value is 0.310. The fraction of sp³-hybridized carbons (Fsp3) is 1.00. The summed E-state index contributed by atoms with van der Waals surface area (Å²) >= 11 is 2.16. The molecule has 2 unspecified atom stereocenters. The number of hydrogen-bond acceptors (Lipinski definition) is 2. The molecule has 1 saturated heterocycles. The van der Waals surface area contributed by atoms with Crippen molar-refractivity contribution in [1.29, 1.82) is 0 Å². The molecular formula is C17H29NS. The van der Waals surface area contributed by atoms with Gasteiger partial charge in [0.1, 0.15) is 0 Å². The van der Waals surface area contributed by atoms with Crippen molar-refractivity contribution in [1.82, 2.24) is 5.32 Å². The molecule has 5 aliphatic rings. The van der Waals surface area contributed by atoms with Crippen LogP contribution in [-0.2, 0) is 0 Å². The lowest BCUT2D eigenvalue weighted by molar-refractivity contribution is -0.0719. The van der Waals surface area contributed by atoms with Crippen LogP contribution in [0.25, 0.3) is 0 Å². The van der Waals surface area contributed by atoms with Gasteiger partial charge in [-0.15, -0.1) is 0 Å². The first kappa shape index (κ1) is 13.0. The predicted molar refractivity (Wildman–Crippen MR) is 83.5 cm³/mol. The fourth-order valence-corrected chi connectivity index (χ4v) is 7.20. The molecule has 1 nitrogen and oxygen atoms in total. The van der Waals surface area contributed by atoms with Gasteiger partial charge in [0.05, 0.1) is 0 Å². The van der Waals surface area contributed by atoms with Gasteiger partial charge in [0.15, 0.2) is 0 Å². The van der Waals surface area contributed by atoms with E-state index in [1.165, 1.54) is 24.3 Å². The first-order valence-corrected chi connectivity index (χ1v) is 9.73. The zero-order valence-electron chi connectivity index (χ0n) is 12.4. The Labute approximate surface area is 122 Å². The standard InChI is InChI=1S/C17H29NS/c1-12(18-16-3-2-4-19-11-16)17-8-13-5-14(9-17)7-15(6-13)10-17/h12-16,18H,2-11H2,1H3. The maximum Gasteiger partial charge on any atom is 0.0161 e. The van der Waals surface area contributed by atoms with E-state index in [-0.39, 0.29) is 0 Å². The van der Waals surface area contributed by atoms with E-state index in [4.69, 9.17) is 0 Å². The molecule has 0 spiro atoms. The summed E-state index contributed by atoms with van der Waals surface area (Å²) in [6.07, 6.45) is 12.2. The van der Waals surface area contributed by atoms with Gasteiger partial charge in [-0.25, -0.2) is 0 Å². The second-order valence-electron chi connectivity index (χ2n) is 8.08. The summed E-state index contributed by atoms with van der Waals surface area (Å²) in [5.74, 6) is 6.03. The zero-order valence-corrected chi connectivity index (χ0v) is 13.2. The maximum atomic E-state index is 4.06. The zero-order chi connectivity index (χ0) is 12.9. The third kappa shape index (κ3) is 2.37. The van der Waals surface area contributed by atoms with Crippen molar-refractivity contribution in [2.75, 3.05) is 11.5 Å². The molecule has 0 radical (unpaired) electrons. The molecule has 108 valence electrons. The summed E-state index contributed by atoms with van der Waals surface area (Å²) in [4.78, 5) is 0. The van der Waals surface area contributed by atoms with Crippen LogP contribution in [0.1, 0.15) is 58.3 Å². The van der Waals surface area contributed by atoms with Crippen LogP contribution in [0, 0.1) is 23.2 Å². The normalized spacial score (nSPS) is 50.4. The Morgan fingerprint density at radius 3 is 2.21 bits per heavy atom. The quantitative estimate of drug-likeness (QED) is 0.835. The van der Waals surface area contributed by atoms with Gasteiger partial charge in [-0.2, -0.15) is 11.8 Å². The second-order valence-corrected chi connectivity index (χ2v) is 9.23. The third-order valence-electron chi connectivity index (χ3n) is 6.65. The van der Waals surface area contributed by atoms with Crippen molar-refractivity contribution in [3.63, 3.8) is 0 Å². The van der Waals surface area contributed by atoms with E-state index in [1.54, 1.807) is 38.5 Å². The highest BCUT2D eigenvalue weighted by Crippen LogP contribution is 2.61. The van der Waals surface area contributed by atoms with E-state index in [0.29, 0.717) is 5.41 Å². The van der Waals surface area contributed by atoms with Crippen LogP contribution >= 0.6 is 11.8 Å². The molecule has 1 N–H and O–H groups in total. The van der Waals surface area contributed by atoms with Gasteiger partial charge in [0.25, 0.3) is 0 Å². The van der Waals surface area contributed by atoms with Crippen LogP contribution in [0.5, 0.6) is 0 Å². The lowest BCUT2D eigenvalue weighted by Crippen LogP contribution is -2.57. The summed E-state index contributed by atoms with van der Waals surface area (Å²) in [6, 6.07) is 1.58. The summed E-state index contributed by atoms with van der Waals surface area (Å²) < 4.78 is 0. The van der Waals surface area contributed by atoms with Gasteiger partial charge in [-0.05, 0) is 87.2 Å². The lowest BCUT2D eigenvalue weighted by atomic mass is 9.48. The van der Waals surface area contributed by atoms with Gasteiger partial charge >= 0.3 is 0 Å². The number of rotatable bonds is 3. The summed E-state index contributed by atoms with van der Waals surface area (Å²) in [5.41, 5.74) is 0.691. The van der Waals surface area contributed by atoms with Crippen LogP contribution in [-0.4, -0.2) is 23.6 Å². The van der Waals surface area contributed by atoms with Crippen LogP contribution in [0.4, 0.5) is 0 Å². The van der Waals surface area contributed by atoms with E-state index in [2.05, 4.69) is 24.0 Å². The lowest BCUT2D eigenvalue weighted by Gasteiger charge is -2.59. The van der Waals surface area contributed by atoms with Crippen molar-refractivity contribution < 1.29 is 0 Å². The SMILES string of the molecule is CC(NC1CCCSC1)C12CC3CC(CC(C3)C1)C2. The van der Waals surface area contributed by atoms with Crippen molar-refractivity contribution >= 4 is 11.8 Å². The highest BCUT2D eigenvalue weighted by molar-refractivity contribution is 7.99. The fourth-order valence-electron chi connectivity index (χ4n) is 6.11. The highest BCUT2D eigenvalue weighted by atomic mass is 32.2. The van der Waals surface area contributed by atoms with Crippen LogP contribution in [0.2, 0.25) is 0 Å². The average molecular weight is 279 g/mol. The van der Waals surface area contributed by atoms with E-state index < -0.39 is 0 Å². The minimum absolute atomic E-state index is 0.691. The van der Waals surface area contributed by atoms with Crippen LogP contribution < -0.4 is 5.32 Å². The Balaban J connectivity index is 1.45. The molecular weight excluding hydrogens is 250 g/mol. The Morgan fingerprint density at radius 1 is 1.05 bits per heavy atom. The highest BCUT2D eigenvalue weighted by Gasteiger charge is 2.53. The number of hydrogen-bond donors (Lipinski definition) is 1. The Bertz CT molecular complexity index is 299. The van der Waals surface area contributed by atoms with Gasteiger partial charge < -0.3 is 5.32 Å². The molecule has 0 amide bonds. The molecule has 1 heterocycles. The van der Waals surface area contributed by atoms with Gasteiger partial charge in [-0.1, -0.05) is 0 Å². The van der Waals surface area contributed by atoms with Crippen LogP contribution in [0.15, 0.2) is 0 Å². The van der Waals surface area contributed by atoms with Gasteiger partial charge in [0.2, 0.25) is 0 Å². The number of nitrogens with one attached hydrogen (secondary N) is 1. The molecule has 0 aromatic rings. The largest absolute Gasteiger partial charge is 0.310 e. The molecule has 0 aromatic heterocycles. The van der Waals surface area contributed by atoms with E-state index in [9.17, 15) is 0 Å². The minimum Gasteiger partial charge on any atom is -0.310 e. The Morgan fingerprint density at radius 2 is 1.68 bits per heavy atom. The molecule has 19 heavy (non-hydrogen) atoms. The van der Waals surface area contributed by atoms with Crippen LogP contribution in [0.3, 0.4) is 0 Å². The molecule has 1 aliphatic heterocycles. The topological polar surface area (TPSA) is 12.0 Å². The van der Waals surface area contributed by atoms with Crippen molar-refractivity contribution in [2.45, 2.75) is 70.4 Å². The second kappa shape index (κ2) is 4.94. The molecule has 4 saturated carbocycles. The van der Waals surface area contributed by atoms with Gasteiger partial charge in [-0.3, -0.25) is 0 Å². The Kier molecular flexibility index (Phi) is 3.38. The third-order valence-corrected chi connectivity index (χ3v) is 7.87. The van der Waals surface area contributed by atoms with Crippen molar-refractivity contribution in [3.05, 3.63) is 0 Å². The number of thioether (sulfide) groups is 1. The predicted octanol–water partition coefficient (Wildman–Crippen LogP) is 4.08. The van der Waals surface area contributed by atoms with Gasteiger partial charge in [0, 0.05) is 17.8 Å². The smallest absolute Gasteiger partial charge is 0.0161 e. The molecule has 4 aliphatic carbocycles. The van der Waals surface area contributed by atoms with Crippen molar-refractivity contribution in [2.24, 2.45) is 23.2 Å². The summed E-state index contributed by atoms with van der Waals surface area (Å²) in [6.45, 7) is 2.52. The molecule has 0 aromatic carbocycles. The molecule has 2 heteroatoms. The minimum atomic E-state index is 0.691. The van der Waals surface area contributed by atoms with E-state index in [0.717, 1.165) is 29.8 Å². The first-order chi connectivity index (χ1) is 9.23. The van der Waals surface area contributed by atoms with E-state index >= 15 is 0 Å². The molecule has 5 fully saturated rings. The molecule has 4 bridgehead atoms. The maximum absolute atomic E-state index is 4.06. The van der Waals surface area contributed by atoms with Crippen molar-refractivity contribution in [3.8, 4) is 0 Å². The average Bonchev–Trinajstić information content (AvgIpc) is 2.38. The first-order valence-electron chi connectivity index (χ1n) is 8.57. The monoisotopic (exact) mass is 279 g/mol. The van der Waals surface area contributed by atoms with E-state index in [1.807, 2.05) is 0 Å². The molecule has 2 atom stereocenters. The summed E-state index contributed by atoms with van der Waals surface area (Å²) in [5, 5.41) is 4.06. The molecule has 5 rings (SSSR count).